The molecule has 0 atom stereocenters. The third kappa shape index (κ3) is 4.20. The molecule has 0 saturated heterocycles. The predicted octanol–water partition coefficient (Wildman–Crippen LogP) is 4.50. The molecule has 5 nitrogen and oxygen atoms in total. The lowest BCUT2D eigenvalue weighted by Crippen LogP contribution is -2.28. The Kier molecular flexibility index (Phi) is 5.06. The summed E-state index contributed by atoms with van der Waals surface area (Å²) < 4.78 is 10.9. The van der Waals surface area contributed by atoms with Gasteiger partial charge in [0.05, 0.1) is 6.54 Å². The molecule has 28 heavy (non-hydrogen) atoms. The van der Waals surface area contributed by atoms with Gasteiger partial charge in [0.1, 0.15) is 11.4 Å². The molecule has 0 aliphatic heterocycles. The number of fused-ring (bicyclic) bond motifs is 1. The lowest BCUT2D eigenvalue weighted by atomic mass is 10.1. The molecule has 0 aliphatic rings. The number of aryl methyl sites for hydroxylation is 1. The molecule has 1 heterocycles. The number of rotatable bonds is 6. The standard InChI is InChI=1S/C23H20N2O3/c1-16-5-4-8-21(11-16)27-15-23(26)24-14-20-13-22(28-25-20)19-10-9-17-6-2-3-7-18(17)12-19/h2-13H,14-15H2,1H3,(H,24,26). The maximum Gasteiger partial charge on any atom is 0.258 e. The molecule has 5 heteroatoms. The van der Waals surface area contributed by atoms with Gasteiger partial charge in [-0.15, -0.1) is 0 Å². The predicted molar refractivity (Wildman–Crippen MR) is 108 cm³/mol. The van der Waals surface area contributed by atoms with Gasteiger partial charge >= 0.3 is 0 Å². The summed E-state index contributed by atoms with van der Waals surface area (Å²) >= 11 is 0. The van der Waals surface area contributed by atoms with Gasteiger partial charge < -0.3 is 14.6 Å². The molecule has 0 radical (unpaired) electrons. The summed E-state index contributed by atoms with van der Waals surface area (Å²) in [5.41, 5.74) is 2.69. The smallest absolute Gasteiger partial charge is 0.258 e. The quantitative estimate of drug-likeness (QED) is 0.541. The maximum atomic E-state index is 12.0. The Morgan fingerprint density at radius 3 is 2.71 bits per heavy atom. The van der Waals surface area contributed by atoms with Crippen LogP contribution in [0.15, 0.2) is 77.3 Å². The minimum absolute atomic E-state index is 0.0428. The zero-order chi connectivity index (χ0) is 19.3. The first-order valence-electron chi connectivity index (χ1n) is 9.08. The first kappa shape index (κ1) is 17.8. The molecule has 1 aromatic heterocycles. The summed E-state index contributed by atoms with van der Waals surface area (Å²) in [4.78, 5) is 12.0. The molecule has 0 saturated carbocycles. The number of carbonyl (C=O) groups is 1. The van der Waals surface area contributed by atoms with Gasteiger partial charge in [-0.25, -0.2) is 0 Å². The summed E-state index contributed by atoms with van der Waals surface area (Å²) in [6, 6.07) is 23.7. The van der Waals surface area contributed by atoms with E-state index >= 15 is 0 Å². The van der Waals surface area contributed by atoms with Crippen molar-refractivity contribution < 1.29 is 14.1 Å². The molecule has 0 fully saturated rings. The molecule has 0 bridgehead atoms. The second-order valence-corrected chi connectivity index (χ2v) is 6.63. The van der Waals surface area contributed by atoms with Crippen LogP contribution in [0, 0.1) is 6.92 Å². The molecule has 0 unspecified atom stereocenters. The Bertz CT molecular complexity index is 1120. The van der Waals surface area contributed by atoms with Crippen molar-refractivity contribution in [1.82, 2.24) is 10.5 Å². The number of ether oxygens (including phenoxy) is 1. The highest BCUT2D eigenvalue weighted by molar-refractivity contribution is 5.86. The van der Waals surface area contributed by atoms with Gasteiger partial charge in [0.2, 0.25) is 0 Å². The van der Waals surface area contributed by atoms with Crippen molar-refractivity contribution in [3.05, 3.63) is 84.1 Å². The van der Waals surface area contributed by atoms with E-state index in [0.29, 0.717) is 17.2 Å². The van der Waals surface area contributed by atoms with E-state index in [1.807, 2.05) is 55.5 Å². The number of nitrogens with one attached hydrogen (secondary N) is 1. The van der Waals surface area contributed by atoms with E-state index in [2.05, 4.69) is 34.7 Å². The SMILES string of the molecule is Cc1cccc(OCC(=O)NCc2cc(-c3ccc4ccccc4c3)on2)c1. The van der Waals surface area contributed by atoms with E-state index in [0.717, 1.165) is 16.5 Å². The monoisotopic (exact) mass is 372 g/mol. The van der Waals surface area contributed by atoms with Gasteiger partial charge in [0.25, 0.3) is 5.91 Å². The van der Waals surface area contributed by atoms with Gasteiger partial charge in [0.15, 0.2) is 12.4 Å². The first-order valence-corrected chi connectivity index (χ1v) is 9.08. The van der Waals surface area contributed by atoms with E-state index in [-0.39, 0.29) is 19.1 Å². The molecule has 3 aromatic carbocycles. The fourth-order valence-corrected chi connectivity index (χ4v) is 2.97. The van der Waals surface area contributed by atoms with E-state index in [1.165, 1.54) is 5.39 Å². The minimum Gasteiger partial charge on any atom is -0.484 e. The number of hydrogen-bond acceptors (Lipinski definition) is 4. The third-order valence-electron chi connectivity index (χ3n) is 4.42. The Morgan fingerprint density at radius 2 is 1.86 bits per heavy atom. The van der Waals surface area contributed by atoms with Crippen LogP contribution >= 0.6 is 0 Å². The molecule has 1 N–H and O–H groups in total. The molecular formula is C23H20N2O3. The lowest BCUT2D eigenvalue weighted by Gasteiger charge is -2.06. The molecule has 0 aliphatic carbocycles. The van der Waals surface area contributed by atoms with Crippen molar-refractivity contribution >= 4 is 16.7 Å². The number of nitrogens with zero attached hydrogens (tertiary/aromatic N) is 1. The summed E-state index contributed by atoms with van der Waals surface area (Å²) in [7, 11) is 0. The van der Waals surface area contributed by atoms with Crippen LogP contribution in [0.2, 0.25) is 0 Å². The van der Waals surface area contributed by atoms with E-state index in [1.54, 1.807) is 0 Å². The van der Waals surface area contributed by atoms with Gasteiger partial charge in [-0.3, -0.25) is 4.79 Å². The Hall–Kier alpha value is -3.60. The lowest BCUT2D eigenvalue weighted by molar-refractivity contribution is -0.123. The molecule has 140 valence electrons. The van der Waals surface area contributed by atoms with Crippen LogP contribution in [0.1, 0.15) is 11.3 Å². The molecular weight excluding hydrogens is 352 g/mol. The first-order chi connectivity index (χ1) is 13.7. The minimum atomic E-state index is -0.211. The van der Waals surface area contributed by atoms with Crippen LogP contribution < -0.4 is 10.1 Å². The number of hydrogen-bond donors (Lipinski definition) is 1. The molecule has 4 aromatic rings. The number of benzene rings is 3. The molecule has 1 amide bonds. The highest BCUT2D eigenvalue weighted by Crippen LogP contribution is 2.25. The van der Waals surface area contributed by atoms with Crippen molar-refractivity contribution in [2.24, 2.45) is 0 Å². The Labute approximate surface area is 162 Å². The van der Waals surface area contributed by atoms with Gasteiger partial charge in [-0.2, -0.15) is 0 Å². The third-order valence-corrected chi connectivity index (χ3v) is 4.42. The normalized spacial score (nSPS) is 10.8. The van der Waals surface area contributed by atoms with Crippen molar-refractivity contribution in [3.63, 3.8) is 0 Å². The zero-order valence-electron chi connectivity index (χ0n) is 15.5. The van der Waals surface area contributed by atoms with E-state index in [9.17, 15) is 4.79 Å². The van der Waals surface area contributed by atoms with Gasteiger partial charge in [-0.1, -0.05) is 53.7 Å². The van der Waals surface area contributed by atoms with Gasteiger partial charge in [0, 0.05) is 11.6 Å². The van der Waals surface area contributed by atoms with Crippen LogP contribution in [0.25, 0.3) is 22.1 Å². The Morgan fingerprint density at radius 1 is 1.00 bits per heavy atom. The zero-order valence-corrected chi connectivity index (χ0v) is 15.5. The topological polar surface area (TPSA) is 64.4 Å². The largest absolute Gasteiger partial charge is 0.484 e. The average molecular weight is 372 g/mol. The number of carbonyl (C=O) groups excluding carboxylic acids is 1. The van der Waals surface area contributed by atoms with Crippen molar-refractivity contribution in [1.29, 1.82) is 0 Å². The van der Waals surface area contributed by atoms with E-state index in [4.69, 9.17) is 9.26 Å². The second-order valence-electron chi connectivity index (χ2n) is 6.63. The highest BCUT2D eigenvalue weighted by Gasteiger charge is 2.09. The van der Waals surface area contributed by atoms with Crippen LogP contribution in [0.3, 0.4) is 0 Å². The second kappa shape index (κ2) is 7.96. The van der Waals surface area contributed by atoms with Crippen molar-refractivity contribution in [2.45, 2.75) is 13.5 Å². The van der Waals surface area contributed by atoms with Crippen LogP contribution in [0.5, 0.6) is 5.75 Å². The average Bonchev–Trinajstić information content (AvgIpc) is 3.19. The van der Waals surface area contributed by atoms with Crippen molar-refractivity contribution in [3.8, 4) is 17.1 Å². The summed E-state index contributed by atoms with van der Waals surface area (Å²) in [5, 5.41) is 9.15. The van der Waals surface area contributed by atoms with Crippen LogP contribution in [0.4, 0.5) is 0 Å². The molecule has 0 spiro atoms. The molecule has 4 rings (SSSR count). The summed E-state index contributed by atoms with van der Waals surface area (Å²) in [5.74, 6) is 1.14. The number of aromatic nitrogens is 1. The van der Waals surface area contributed by atoms with Gasteiger partial charge in [-0.05, 0) is 41.5 Å². The van der Waals surface area contributed by atoms with Crippen LogP contribution in [-0.2, 0) is 11.3 Å². The summed E-state index contributed by atoms with van der Waals surface area (Å²) in [6.45, 7) is 2.22. The van der Waals surface area contributed by atoms with Crippen LogP contribution in [-0.4, -0.2) is 17.7 Å². The fourth-order valence-electron chi connectivity index (χ4n) is 2.97. The highest BCUT2D eigenvalue weighted by atomic mass is 16.5. The Balaban J connectivity index is 1.34. The summed E-state index contributed by atoms with van der Waals surface area (Å²) in [6.07, 6.45) is 0. The van der Waals surface area contributed by atoms with Crippen molar-refractivity contribution in [2.75, 3.05) is 6.61 Å². The number of amides is 1. The fraction of sp³-hybridized carbons (Fsp3) is 0.130. The maximum absolute atomic E-state index is 12.0. The van der Waals surface area contributed by atoms with E-state index < -0.39 is 0 Å².